The van der Waals surface area contributed by atoms with Crippen LogP contribution in [0, 0.1) is 5.92 Å². The number of amides is 3. The van der Waals surface area contributed by atoms with Gasteiger partial charge in [0.15, 0.2) is 0 Å². The molecule has 274 valence electrons. The van der Waals surface area contributed by atoms with Crippen LogP contribution in [0.5, 0.6) is 0 Å². The number of alkyl carbamates (subject to hydrolysis) is 1. The van der Waals surface area contributed by atoms with Gasteiger partial charge in [-0.05, 0) is 57.7 Å². The largest absolute Gasteiger partial charge is 0.449 e. The Morgan fingerprint density at radius 3 is 1.69 bits per heavy atom. The number of nitrogens with zero attached hydrogens (tertiary/aromatic N) is 1. The van der Waals surface area contributed by atoms with Gasteiger partial charge in [-0.2, -0.15) is 4.99 Å². The molecule has 9 nitrogen and oxygen atoms in total. The van der Waals surface area contributed by atoms with Gasteiger partial charge in [-0.3, -0.25) is 9.59 Å². The van der Waals surface area contributed by atoms with E-state index in [9.17, 15) is 19.2 Å². The number of nitrogens with one attached hydrogen (secondary N) is 3. The van der Waals surface area contributed by atoms with Crippen LogP contribution < -0.4 is 16.0 Å². The fourth-order valence-corrected chi connectivity index (χ4v) is 7.21. The maximum Gasteiger partial charge on any atom is 0.407 e. The maximum absolute atomic E-state index is 14.1. The second kappa shape index (κ2) is 17.5. The summed E-state index contributed by atoms with van der Waals surface area (Å²) in [5.74, 6) is -1.30. The summed E-state index contributed by atoms with van der Waals surface area (Å²) in [6, 6.07) is 44.0. The van der Waals surface area contributed by atoms with E-state index in [1.807, 2.05) is 141 Å². The van der Waals surface area contributed by atoms with Crippen LogP contribution in [0.25, 0.3) is 11.1 Å². The minimum Gasteiger partial charge on any atom is -0.449 e. The van der Waals surface area contributed by atoms with Crippen LogP contribution in [-0.4, -0.2) is 42.8 Å². The molecular weight excluding hydrogens is 677 g/mol. The first-order chi connectivity index (χ1) is 26.3. The zero-order valence-electron chi connectivity index (χ0n) is 30.4. The Bertz CT molecular complexity index is 1960. The fourth-order valence-electron chi connectivity index (χ4n) is 7.21. The van der Waals surface area contributed by atoms with E-state index in [1.54, 1.807) is 6.08 Å². The third-order valence-corrected chi connectivity index (χ3v) is 10.2. The third kappa shape index (κ3) is 8.17. The Kier molecular flexibility index (Phi) is 12.1. The van der Waals surface area contributed by atoms with Crippen molar-refractivity contribution in [1.29, 1.82) is 0 Å². The predicted molar refractivity (Wildman–Crippen MR) is 208 cm³/mol. The Balaban J connectivity index is 1.23. The summed E-state index contributed by atoms with van der Waals surface area (Å²) in [4.78, 5) is 56.5. The Labute approximate surface area is 315 Å². The number of aliphatic imine (C=N–C) groups is 1. The lowest BCUT2D eigenvalue weighted by atomic mass is 9.77. The fraction of sp³-hybridized carbons (Fsp3) is 0.244. The highest BCUT2D eigenvalue weighted by Crippen LogP contribution is 2.44. The predicted octanol–water partition coefficient (Wildman–Crippen LogP) is 7.61. The highest BCUT2D eigenvalue weighted by molar-refractivity contribution is 5.87. The van der Waals surface area contributed by atoms with Gasteiger partial charge in [-0.15, -0.1) is 0 Å². The monoisotopic (exact) mass is 720 g/mol. The van der Waals surface area contributed by atoms with E-state index >= 15 is 0 Å². The average Bonchev–Trinajstić information content (AvgIpc) is 3.54. The Hall–Kier alpha value is -6.31. The molecule has 1 aliphatic carbocycles. The maximum atomic E-state index is 14.1. The molecular formula is C45H44N4O5. The molecule has 0 aliphatic heterocycles. The van der Waals surface area contributed by atoms with Crippen LogP contribution in [-0.2, 0) is 24.7 Å². The summed E-state index contributed by atoms with van der Waals surface area (Å²) in [5, 5.41) is 8.80. The van der Waals surface area contributed by atoms with Gasteiger partial charge in [0, 0.05) is 12.3 Å². The third-order valence-electron chi connectivity index (χ3n) is 10.2. The molecule has 54 heavy (non-hydrogen) atoms. The van der Waals surface area contributed by atoms with Gasteiger partial charge in [-0.1, -0.05) is 153 Å². The van der Waals surface area contributed by atoms with Gasteiger partial charge in [0.05, 0.1) is 0 Å². The summed E-state index contributed by atoms with van der Waals surface area (Å²) < 4.78 is 5.79. The molecule has 0 radical (unpaired) electrons. The van der Waals surface area contributed by atoms with E-state index in [0.29, 0.717) is 6.42 Å². The zero-order valence-corrected chi connectivity index (χ0v) is 30.4. The number of fused-ring (bicyclic) bond motifs is 3. The van der Waals surface area contributed by atoms with E-state index in [-0.39, 0.29) is 37.2 Å². The Morgan fingerprint density at radius 2 is 1.20 bits per heavy atom. The molecule has 9 heteroatoms. The number of carbonyl (C=O) groups is 3. The second-order valence-electron chi connectivity index (χ2n) is 13.5. The molecule has 0 heterocycles. The minimum atomic E-state index is -1.18. The summed E-state index contributed by atoms with van der Waals surface area (Å²) in [5.41, 5.74) is 5.79. The van der Waals surface area contributed by atoms with Crippen molar-refractivity contribution < 1.29 is 23.9 Å². The van der Waals surface area contributed by atoms with E-state index in [2.05, 4.69) is 33.1 Å². The lowest BCUT2D eigenvalue weighted by Gasteiger charge is -2.37. The molecule has 0 saturated carbocycles. The van der Waals surface area contributed by atoms with Gasteiger partial charge in [-0.25, -0.2) is 9.59 Å². The molecule has 3 atom stereocenters. The van der Waals surface area contributed by atoms with Crippen LogP contribution in [0.3, 0.4) is 0 Å². The SMILES string of the molecule is CC[C@H](C)[C@@H](N=C=O)NC(=O)[C@H](CCC(=O)NC(c1ccccc1)(c1ccccc1)c1ccccc1)NC(=O)OCC1c2ccccc2-c2ccccc21. The molecule has 1 aliphatic rings. The molecule has 3 N–H and O–H groups in total. The standard InChI is InChI=1S/C45H44N4O5/c1-3-31(2)42(46-30-50)48-43(52)40(47-44(53)54-29-39-37-25-15-13-23-35(37)36-24-14-16-26-38(36)39)27-28-41(51)49-45(32-17-7-4-8-18-32,33-19-9-5-10-20-33)34-21-11-6-12-22-34/h4-26,31,39-40,42H,3,27-29H2,1-2H3,(H,47,53)(H,48,52)(H,49,51)/t31-,40-,42-/m0/s1. The molecule has 0 spiro atoms. The van der Waals surface area contributed by atoms with E-state index < -0.39 is 29.7 Å². The molecule has 0 fully saturated rings. The first-order valence-electron chi connectivity index (χ1n) is 18.3. The first kappa shape index (κ1) is 37.4. The van der Waals surface area contributed by atoms with Crippen molar-refractivity contribution in [3.05, 3.63) is 167 Å². The van der Waals surface area contributed by atoms with Gasteiger partial charge in [0.1, 0.15) is 24.4 Å². The number of hydrogen-bond donors (Lipinski definition) is 3. The minimum absolute atomic E-state index is 0.0490. The number of rotatable bonds is 15. The molecule has 3 amide bonds. The Morgan fingerprint density at radius 1 is 0.722 bits per heavy atom. The topological polar surface area (TPSA) is 126 Å². The van der Waals surface area contributed by atoms with Crippen molar-refractivity contribution >= 4 is 24.0 Å². The number of hydrogen-bond acceptors (Lipinski definition) is 6. The second-order valence-corrected chi connectivity index (χ2v) is 13.5. The summed E-state index contributed by atoms with van der Waals surface area (Å²) in [6.45, 7) is 3.82. The highest BCUT2D eigenvalue weighted by Gasteiger charge is 2.38. The number of isocyanates is 1. The van der Waals surface area contributed by atoms with Crippen LogP contribution in [0.1, 0.15) is 66.8 Å². The van der Waals surface area contributed by atoms with Crippen LogP contribution in [0.15, 0.2) is 145 Å². The normalized spacial score (nSPS) is 13.6. The van der Waals surface area contributed by atoms with Crippen molar-refractivity contribution in [2.75, 3.05) is 6.61 Å². The molecule has 0 saturated heterocycles. The van der Waals surface area contributed by atoms with Gasteiger partial charge >= 0.3 is 6.09 Å². The molecule has 6 rings (SSSR count). The van der Waals surface area contributed by atoms with Crippen LogP contribution >= 0.6 is 0 Å². The van der Waals surface area contributed by atoms with Crippen molar-refractivity contribution in [2.24, 2.45) is 10.9 Å². The van der Waals surface area contributed by atoms with E-state index in [1.165, 1.54) is 0 Å². The zero-order chi connectivity index (χ0) is 37.9. The number of carbonyl (C=O) groups excluding carboxylic acids is 4. The number of ether oxygens (including phenoxy) is 1. The van der Waals surface area contributed by atoms with Crippen molar-refractivity contribution in [3.63, 3.8) is 0 Å². The first-order valence-corrected chi connectivity index (χ1v) is 18.3. The van der Waals surface area contributed by atoms with Crippen LogP contribution in [0.2, 0.25) is 0 Å². The summed E-state index contributed by atoms with van der Waals surface area (Å²) in [6.07, 6.45) is 0.325. The molecule has 0 aromatic heterocycles. The van der Waals surface area contributed by atoms with Crippen molar-refractivity contribution in [1.82, 2.24) is 16.0 Å². The van der Waals surface area contributed by atoms with Crippen molar-refractivity contribution in [3.8, 4) is 11.1 Å². The van der Waals surface area contributed by atoms with E-state index in [4.69, 9.17) is 4.74 Å². The van der Waals surface area contributed by atoms with E-state index in [0.717, 1.165) is 38.9 Å². The molecule has 5 aromatic rings. The average molecular weight is 721 g/mol. The number of benzene rings is 5. The smallest absolute Gasteiger partial charge is 0.407 e. The molecule has 0 unspecified atom stereocenters. The van der Waals surface area contributed by atoms with Gasteiger partial charge in [0.25, 0.3) is 0 Å². The highest BCUT2D eigenvalue weighted by atomic mass is 16.5. The van der Waals surface area contributed by atoms with Gasteiger partial charge in [0.2, 0.25) is 17.9 Å². The van der Waals surface area contributed by atoms with Crippen LogP contribution in [0.4, 0.5) is 4.79 Å². The lowest BCUT2D eigenvalue weighted by Crippen LogP contribution is -2.52. The summed E-state index contributed by atoms with van der Waals surface area (Å²) in [7, 11) is 0. The lowest BCUT2D eigenvalue weighted by molar-refractivity contribution is -0.125. The van der Waals surface area contributed by atoms with Crippen molar-refractivity contribution in [2.45, 2.75) is 56.8 Å². The molecule has 5 aromatic carbocycles. The summed E-state index contributed by atoms with van der Waals surface area (Å²) >= 11 is 0. The quantitative estimate of drug-likeness (QED) is 0.0584. The molecule has 0 bridgehead atoms. The van der Waals surface area contributed by atoms with Gasteiger partial charge < -0.3 is 20.7 Å².